The first kappa shape index (κ1) is 17.7. The number of hydrogen-bond donors (Lipinski definition) is 1. The topological polar surface area (TPSA) is 50.2 Å². The summed E-state index contributed by atoms with van der Waals surface area (Å²) in [4.78, 5) is 8.96. The zero-order valence-electron chi connectivity index (χ0n) is 15.0. The Balaban J connectivity index is 1.76. The Hall–Kier alpha value is -3.67. The molecule has 0 aliphatic carbocycles. The van der Waals surface area contributed by atoms with Gasteiger partial charge in [0.2, 0.25) is 0 Å². The van der Waals surface area contributed by atoms with Gasteiger partial charge in [-0.15, -0.1) is 0 Å². The molecule has 0 bridgehead atoms. The number of aromatic nitrogens is 2. The molecule has 6 heteroatoms. The van der Waals surface area contributed by atoms with Crippen molar-refractivity contribution in [2.24, 2.45) is 5.10 Å². The highest BCUT2D eigenvalue weighted by Gasteiger charge is 2.12. The number of fused-ring (bicyclic) bond motifs is 1. The molecule has 3 aromatic carbocycles. The number of halogens is 2. The second-order valence-electron chi connectivity index (χ2n) is 6.21. The zero-order chi connectivity index (χ0) is 19.5. The van der Waals surface area contributed by atoms with Crippen molar-refractivity contribution in [3.63, 3.8) is 0 Å². The molecule has 0 atom stereocenters. The molecule has 1 aromatic heterocycles. The van der Waals surface area contributed by atoms with Crippen LogP contribution in [-0.2, 0) is 0 Å². The second-order valence-corrected chi connectivity index (χ2v) is 6.21. The van der Waals surface area contributed by atoms with Crippen LogP contribution in [0.3, 0.4) is 0 Å². The number of hydrogen-bond acceptors (Lipinski definition) is 4. The largest absolute Gasteiger partial charge is 0.260 e. The quantitative estimate of drug-likeness (QED) is 0.384. The molecule has 0 saturated heterocycles. The molecule has 0 radical (unpaired) electrons. The lowest BCUT2D eigenvalue weighted by Gasteiger charge is -2.09. The van der Waals surface area contributed by atoms with Gasteiger partial charge in [0.15, 0.2) is 11.6 Å². The zero-order valence-corrected chi connectivity index (χ0v) is 15.0. The highest BCUT2D eigenvalue weighted by atomic mass is 19.1. The van der Waals surface area contributed by atoms with Crippen LogP contribution in [0.5, 0.6) is 0 Å². The Morgan fingerprint density at radius 3 is 2.36 bits per heavy atom. The van der Waals surface area contributed by atoms with Crippen LogP contribution < -0.4 is 5.43 Å². The smallest absolute Gasteiger partial charge is 0.165 e. The number of hydrazone groups is 1. The van der Waals surface area contributed by atoms with Gasteiger partial charge in [-0.05, 0) is 48.9 Å². The molecule has 0 fully saturated rings. The van der Waals surface area contributed by atoms with E-state index in [2.05, 4.69) is 20.5 Å². The van der Waals surface area contributed by atoms with E-state index in [-0.39, 0.29) is 11.6 Å². The molecule has 0 amide bonds. The molecule has 0 saturated carbocycles. The van der Waals surface area contributed by atoms with Crippen LogP contribution in [0, 0.1) is 11.6 Å². The molecule has 4 aromatic rings. The number of nitrogens with zero attached hydrogens (tertiary/aromatic N) is 3. The summed E-state index contributed by atoms with van der Waals surface area (Å²) in [7, 11) is 0. The first-order valence-corrected chi connectivity index (χ1v) is 8.70. The van der Waals surface area contributed by atoms with Crippen LogP contribution in [-0.4, -0.2) is 15.7 Å². The molecule has 4 nitrogen and oxygen atoms in total. The van der Waals surface area contributed by atoms with E-state index >= 15 is 0 Å². The van der Waals surface area contributed by atoms with Gasteiger partial charge < -0.3 is 0 Å². The summed E-state index contributed by atoms with van der Waals surface area (Å²) in [6.45, 7) is 1.81. The standard InChI is InChI=1S/C22H16F2N4/c1-14(15-10-12-16(23)13-11-15)27-28-22-18-7-3-5-9-20(18)25-21(26-22)17-6-2-4-8-19(17)24/h2-13H,1H3,(H,25,26,28)/b27-14-. The summed E-state index contributed by atoms with van der Waals surface area (Å²) >= 11 is 0. The third-order valence-electron chi connectivity index (χ3n) is 4.31. The van der Waals surface area contributed by atoms with E-state index in [1.54, 1.807) is 37.3 Å². The van der Waals surface area contributed by atoms with Crippen molar-refractivity contribution in [1.29, 1.82) is 0 Å². The number of rotatable bonds is 4. The van der Waals surface area contributed by atoms with E-state index in [1.807, 2.05) is 24.3 Å². The maximum absolute atomic E-state index is 14.2. The van der Waals surface area contributed by atoms with Crippen LogP contribution in [0.15, 0.2) is 77.9 Å². The normalized spacial score (nSPS) is 11.6. The van der Waals surface area contributed by atoms with Gasteiger partial charge in [0.05, 0.1) is 16.8 Å². The molecule has 138 valence electrons. The first-order chi connectivity index (χ1) is 13.6. The minimum atomic E-state index is -0.394. The summed E-state index contributed by atoms with van der Waals surface area (Å²) in [6, 6.07) is 19.9. The van der Waals surface area contributed by atoms with Crippen molar-refractivity contribution < 1.29 is 8.78 Å². The second kappa shape index (κ2) is 7.52. The Kier molecular flexibility index (Phi) is 4.76. The molecule has 0 unspecified atom stereocenters. The van der Waals surface area contributed by atoms with Gasteiger partial charge in [0.25, 0.3) is 0 Å². The minimum Gasteiger partial charge on any atom is -0.260 e. The monoisotopic (exact) mass is 374 g/mol. The van der Waals surface area contributed by atoms with Crippen LogP contribution in [0.2, 0.25) is 0 Å². The van der Waals surface area contributed by atoms with E-state index in [0.29, 0.717) is 22.6 Å². The van der Waals surface area contributed by atoms with Gasteiger partial charge in [-0.3, -0.25) is 5.43 Å². The van der Waals surface area contributed by atoms with E-state index in [9.17, 15) is 8.78 Å². The van der Waals surface area contributed by atoms with E-state index in [1.165, 1.54) is 18.2 Å². The number of benzene rings is 3. The molecular weight excluding hydrogens is 358 g/mol. The summed E-state index contributed by atoms with van der Waals surface area (Å²) in [6.07, 6.45) is 0. The Morgan fingerprint density at radius 2 is 1.57 bits per heavy atom. The third kappa shape index (κ3) is 3.57. The molecule has 0 aliphatic heterocycles. The molecule has 28 heavy (non-hydrogen) atoms. The fourth-order valence-electron chi connectivity index (χ4n) is 2.82. The lowest BCUT2D eigenvalue weighted by Crippen LogP contribution is -2.03. The highest BCUT2D eigenvalue weighted by molar-refractivity contribution is 5.99. The Bertz CT molecular complexity index is 1170. The lowest BCUT2D eigenvalue weighted by atomic mass is 10.1. The fourth-order valence-corrected chi connectivity index (χ4v) is 2.82. The lowest BCUT2D eigenvalue weighted by molar-refractivity contribution is 0.627. The van der Waals surface area contributed by atoms with Crippen LogP contribution >= 0.6 is 0 Å². The van der Waals surface area contributed by atoms with Crippen molar-refractivity contribution in [2.45, 2.75) is 6.92 Å². The SMILES string of the molecule is C/C(=N/Nc1nc(-c2ccccc2F)nc2ccccc12)c1ccc(F)cc1. The average Bonchev–Trinajstić information content (AvgIpc) is 2.72. The van der Waals surface area contributed by atoms with Gasteiger partial charge >= 0.3 is 0 Å². The first-order valence-electron chi connectivity index (χ1n) is 8.70. The van der Waals surface area contributed by atoms with Gasteiger partial charge in [-0.1, -0.05) is 36.4 Å². The maximum atomic E-state index is 14.2. The minimum absolute atomic E-state index is 0.272. The summed E-state index contributed by atoms with van der Waals surface area (Å²) in [5.74, 6) is 0.0369. The van der Waals surface area contributed by atoms with E-state index in [4.69, 9.17) is 0 Å². The van der Waals surface area contributed by atoms with Gasteiger partial charge in [0, 0.05) is 5.39 Å². The van der Waals surface area contributed by atoms with Gasteiger partial charge in [0.1, 0.15) is 11.6 Å². The molecule has 0 spiro atoms. The summed E-state index contributed by atoms with van der Waals surface area (Å²) < 4.78 is 27.3. The molecule has 1 N–H and O–H groups in total. The molecular formula is C22H16F2N4. The number of anilines is 1. The highest BCUT2D eigenvalue weighted by Crippen LogP contribution is 2.26. The number of nitrogens with one attached hydrogen (secondary N) is 1. The van der Waals surface area contributed by atoms with Crippen molar-refractivity contribution in [3.05, 3.63) is 90.0 Å². The van der Waals surface area contributed by atoms with E-state index < -0.39 is 5.82 Å². The number of para-hydroxylation sites is 1. The van der Waals surface area contributed by atoms with Crippen LogP contribution in [0.25, 0.3) is 22.3 Å². The van der Waals surface area contributed by atoms with Gasteiger partial charge in [-0.25, -0.2) is 18.7 Å². The predicted octanol–water partition coefficient (Wildman–Crippen LogP) is 5.41. The average molecular weight is 374 g/mol. The summed E-state index contributed by atoms with van der Waals surface area (Å²) in [5, 5.41) is 5.12. The molecule has 4 rings (SSSR count). The molecule has 1 heterocycles. The van der Waals surface area contributed by atoms with E-state index in [0.717, 1.165) is 10.9 Å². The Morgan fingerprint density at radius 1 is 0.857 bits per heavy atom. The van der Waals surface area contributed by atoms with Crippen molar-refractivity contribution >= 4 is 22.4 Å². The summed E-state index contributed by atoms with van der Waals surface area (Å²) in [5.41, 5.74) is 5.38. The third-order valence-corrected chi connectivity index (χ3v) is 4.31. The van der Waals surface area contributed by atoms with Crippen molar-refractivity contribution in [2.75, 3.05) is 5.43 Å². The fraction of sp³-hybridized carbons (Fsp3) is 0.0455. The predicted molar refractivity (Wildman–Crippen MR) is 107 cm³/mol. The maximum Gasteiger partial charge on any atom is 0.165 e. The van der Waals surface area contributed by atoms with Crippen molar-refractivity contribution in [3.8, 4) is 11.4 Å². The van der Waals surface area contributed by atoms with Crippen molar-refractivity contribution in [1.82, 2.24) is 9.97 Å². The molecule has 0 aliphatic rings. The van der Waals surface area contributed by atoms with Crippen LogP contribution in [0.4, 0.5) is 14.6 Å². The Labute approximate surface area is 160 Å². The van der Waals surface area contributed by atoms with Gasteiger partial charge in [-0.2, -0.15) is 5.10 Å². The van der Waals surface area contributed by atoms with Crippen LogP contribution in [0.1, 0.15) is 12.5 Å².